The summed E-state index contributed by atoms with van der Waals surface area (Å²) in [5.74, 6) is 0.0219. The molecule has 29 heavy (non-hydrogen) atoms. The maximum atomic E-state index is 13.1. The monoisotopic (exact) mass is 506 g/mol. The molecule has 0 radical (unpaired) electrons. The van der Waals surface area contributed by atoms with Crippen LogP contribution in [0.25, 0.3) is 22.3 Å². The smallest absolute Gasteiger partial charge is 0.193 e. The number of hydrogen-bond acceptors (Lipinski definition) is 1. The van der Waals surface area contributed by atoms with Crippen molar-refractivity contribution < 1.29 is 4.79 Å². The van der Waals surface area contributed by atoms with Gasteiger partial charge in [0.05, 0.1) is 0 Å². The Balaban J connectivity index is 0.00000240. The summed E-state index contributed by atoms with van der Waals surface area (Å²) in [7, 11) is 0. The van der Waals surface area contributed by atoms with E-state index in [0.717, 1.165) is 31.2 Å². The molecule has 0 aliphatic rings. The SMILES string of the molecule is C.O=C(c1cccc(-c2cccc(Br)c2)c1)c1cccc(-c2cccc(Br)c2)c1. The molecule has 0 amide bonds. The van der Waals surface area contributed by atoms with E-state index in [2.05, 4.69) is 44.0 Å². The minimum absolute atomic E-state index is 0. The average molecular weight is 508 g/mol. The van der Waals surface area contributed by atoms with Crippen LogP contribution in [0.5, 0.6) is 0 Å². The van der Waals surface area contributed by atoms with Gasteiger partial charge in [-0.15, -0.1) is 0 Å². The molecule has 0 bridgehead atoms. The molecule has 0 heterocycles. The second-order valence-corrected chi connectivity index (χ2v) is 8.34. The van der Waals surface area contributed by atoms with E-state index in [1.807, 2.05) is 84.9 Å². The molecule has 144 valence electrons. The van der Waals surface area contributed by atoms with Crippen LogP contribution in [0.4, 0.5) is 0 Å². The summed E-state index contributed by atoms with van der Waals surface area (Å²) in [5, 5.41) is 0. The fourth-order valence-corrected chi connectivity index (χ4v) is 3.98. The molecule has 0 fully saturated rings. The summed E-state index contributed by atoms with van der Waals surface area (Å²) in [6.45, 7) is 0. The van der Waals surface area contributed by atoms with E-state index in [0.29, 0.717) is 11.1 Å². The topological polar surface area (TPSA) is 17.1 Å². The molecule has 0 spiro atoms. The highest BCUT2D eigenvalue weighted by Gasteiger charge is 2.11. The van der Waals surface area contributed by atoms with Crippen molar-refractivity contribution in [3.63, 3.8) is 0 Å². The predicted octanol–water partition coefficient (Wildman–Crippen LogP) is 8.41. The number of rotatable bonds is 4. The third-order valence-corrected chi connectivity index (χ3v) is 5.55. The van der Waals surface area contributed by atoms with Crippen LogP contribution in [-0.4, -0.2) is 5.78 Å². The van der Waals surface area contributed by atoms with Crippen LogP contribution in [0.15, 0.2) is 106 Å². The molecular formula is C26H20Br2O. The maximum absolute atomic E-state index is 13.1. The van der Waals surface area contributed by atoms with Crippen molar-refractivity contribution in [3.8, 4) is 22.3 Å². The zero-order valence-electron chi connectivity index (χ0n) is 14.9. The van der Waals surface area contributed by atoms with Gasteiger partial charge in [0, 0.05) is 20.1 Å². The highest BCUT2D eigenvalue weighted by molar-refractivity contribution is 9.10. The molecule has 0 N–H and O–H groups in total. The lowest BCUT2D eigenvalue weighted by Gasteiger charge is -2.08. The largest absolute Gasteiger partial charge is 0.289 e. The van der Waals surface area contributed by atoms with Gasteiger partial charge < -0.3 is 0 Å². The van der Waals surface area contributed by atoms with E-state index in [4.69, 9.17) is 0 Å². The van der Waals surface area contributed by atoms with E-state index in [1.54, 1.807) is 0 Å². The molecular weight excluding hydrogens is 488 g/mol. The summed E-state index contributed by atoms with van der Waals surface area (Å²) in [4.78, 5) is 13.1. The molecule has 0 saturated carbocycles. The first kappa shape index (κ1) is 21.2. The molecule has 4 aromatic carbocycles. The number of halogens is 2. The third-order valence-electron chi connectivity index (χ3n) is 4.57. The average Bonchev–Trinajstić information content (AvgIpc) is 2.73. The van der Waals surface area contributed by atoms with E-state index in [9.17, 15) is 4.79 Å². The molecule has 0 unspecified atom stereocenters. The first-order valence-corrected chi connectivity index (χ1v) is 10.5. The van der Waals surface area contributed by atoms with E-state index < -0.39 is 0 Å². The van der Waals surface area contributed by atoms with Crippen LogP contribution < -0.4 is 0 Å². The summed E-state index contributed by atoms with van der Waals surface area (Å²) in [6.07, 6.45) is 0. The Morgan fingerprint density at radius 3 is 1.24 bits per heavy atom. The highest BCUT2D eigenvalue weighted by atomic mass is 79.9. The van der Waals surface area contributed by atoms with Crippen LogP contribution in [0.1, 0.15) is 23.3 Å². The van der Waals surface area contributed by atoms with Gasteiger partial charge in [-0.1, -0.05) is 100.0 Å². The second kappa shape index (κ2) is 9.34. The normalized spacial score (nSPS) is 10.3. The lowest BCUT2D eigenvalue weighted by Crippen LogP contribution is -2.01. The molecule has 1 nitrogen and oxygen atoms in total. The molecule has 0 aromatic heterocycles. The van der Waals surface area contributed by atoms with Crippen LogP contribution in [-0.2, 0) is 0 Å². The minimum Gasteiger partial charge on any atom is -0.289 e. The number of benzene rings is 4. The van der Waals surface area contributed by atoms with Crippen molar-refractivity contribution in [2.24, 2.45) is 0 Å². The van der Waals surface area contributed by atoms with Gasteiger partial charge in [-0.05, 0) is 58.7 Å². The van der Waals surface area contributed by atoms with E-state index >= 15 is 0 Å². The lowest BCUT2D eigenvalue weighted by molar-refractivity contribution is 0.103. The minimum atomic E-state index is 0. The van der Waals surface area contributed by atoms with Crippen molar-refractivity contribution in [2.75, 3.05) is 0 Å². The Labute approximate surface area is 188 Å². The quantitative estimate of drug-likeness (QED) is 0.253. The first-order valence-electron chi connectivity index (χ1n) is 8.87. The molecule has 3 heteroatoms. The standard InChI is InChI=1S/C25H16Br2O.CH4/c26-23-11-3-7-19(15-23)17-5-1-9-21(13-17)25(28)22-10-2-6-18(14-22)20-8-4-12-24(27)16-20;/h1-16H;1H4. The zero-order chi connectivity index (χ0) is 19.5. The third kappa shape index (κ3) is 4.92. The maximum Gasteiger partial charge on any atom is 0.193 e. The van der Waals surface area contributed by atoms with Crippen molar-refractivity contribution in [1.82, 2.24) is 0 Å². The van der Waals surface area contributed by atoms with Gasteiger partial charge in [0.1, 0.15) is 0 Å². The first-order chi connectivity index (χ1) is 13.6. The Morgan fingerprint density at radius 1 is 0.517 bits per heavy atom. The van der Waals surface area contributed by atoms with Crippen LogP contribution in [0.3, 0.4) is 0 Å². The van der Waals surface area contributed by atoms with E-state index in [1.165, 1.54) is 0 Å². The molecule has 4 aromatic rings. The molecule has 0 atom stereocenters. The van der Waals surface area contributed by atoms with Crippen LogP contribution >= 0.6 is 31.9 Å². The predicted molar refractivity (Wildman–Crippen MR) is 129 cm³/mol. The van der Waals surface area contributed by atoms with Gasteiger partial charge in [-0.3, -0.25) is 4.79 Å². The Kier molecular flexibility index (Phi) is 6.83. The molecule has 4 rings (SSSR count). The summed E-state index contributed by atoms with van der Waals surface area (Å²) in [5.41, 5.74) is 5.57. The lowest BCUT2D eigenvalue weighted by atomic mass is 9.96. The van der Waals surface area contributed by atoms with Crippen molar-refractivity contribution >= 4 is 37.6 Å². The second-order valence-electron chi connectivity index (χ2n) is 6.51. The number of hydrogen-bond donors (Lipinski definition) is 0. The van der Waals surface area contributed by atoms with Gasteiger partial charge in [0.15, 0.2) is 5.78 Å². The Bertz CT molecular complexity index is 1070. The summed E-state index contributed by atoms with van der Waals surface area (Å²) in [6, 6.07) is 31.7. The van der Waals surface area contributed by atoms with Gasteiger partial charge in [0.2, 0.25) is 0 Å². The summed E-state index contributed by atoms with van der Waals surface area (Å²) >= 11 is 7.02. The summed E-state index contributed by atoms with van der Waals surface area (Å²) < 4.78 is 2.03. The van der Waals surface area contributed by atoms with Crippen molar-refractivity contribution in [2.45, 2.75) is 7.43 Å². The van der Waals surface area contributed by atoms with Crippen molar-refractivity contribution in [1.29, 1.82) is 0 Å². The number of carbonyl (C=O) groups is 1. The fraction of sp³-hybridized carbons (Fsp3) is 0.0385. The van der Waals surface area contributed by atoms with Crippen LogP contribution in [0.2, 0.25) is 0 Å². The Morgan fingerprint density at radius 2 is 0.862 bits per heavy atom. The van der Waals surface area contributed by atoms with Crippen LogP contribution in [0, 0.1) is 0 Å². The molecule has 0 saturated heterocycles. The highest BCUT2D eigenvalue weighted by Crippen LogP contribution is 2.27. The van der Waals surface area contributed by atoms with Gasteiger partial charge >= 0.3 is 0 Å². The molecule has 0 aliphatic heterocycles. The van der Waals surface area contributed by atoms with Gasteiger partial charge in [-0.2, -0.15) is 0 Å². The van der Waals surface area contributed by atoms with E-state index in [-0.39, 0.29) is 13.2 Å². The number of carbonyl (C=O) groups excluding carboxylic acids is 1. The van der Waals surface area contributed by atoms with Gasteiger partial charge in [-0.25, -0.2) is 0 Å². The molecule has 0 aliphatic carbocycles. The number of ketones is 1. The zero-order valence-corrected chi connectivity index (χ0v) is 18.1. The fourth-order valence-electron chi connectivity index (χ4n) is 3.18. The Hall–Kier alpha value is -2.49. The van der Waals surface area contributed by atoms with Gasteiger partial charge in [0.25, 0.3) is 0 Å². The van der Waals surface area contributed by atoms with Crippen molar-refractivity contribution in [3.05, 3.63) is 117 Å².